The lowest BCUT2D eigenvalue weighted by Crippen LogP contribution is -2.37. The zero-order chi connectivity index (χ0) is 33.3. The van der Waals surface area contributed by atoms with Crippen LogP contribution in [0.5, 0.6) is 0 Å². The third-order valence-electron chi connectivity index (χ3n) is 6.76. The molecular weight excluding hydrogens is 593 g/mol. The van der Waals surface area contributed by atoms with Crippen molar-refractivity contribution in [3.8, 4) is 0 Å². The molecule has 12 nitrogen and oxygen atoms in total. The number of phosphoric ester groups is 1. The highest BCUT2D eigenvalue weighted by molar-refractivity contribution is 7.47. The standard InChI is InChI=1S/C31H58NO11P/c1-5-6-7-8-9-10-11-12-13-14-15-16-17-18-30(36)40-25-28(26-42-44(38,39)41-24-23-32(2,3)4)43-31(37)22-20-27(33)19-21-29(34)35/h19,21,27-28,33H,5-18,20,22-26H2,1-4H3,(H-,34,35,38,39)/p+1/b21-19+/t27?,28-/m1/s1. The van der Waals surface area contributed by atoms with Gasteiger partial charge in [-0.25, -0.2) is 9.36 Å². The summed E-state index contributed by atoms with van der Waals surface area (Å²) in [7, 11) is 1.21. The first kappa shape index (κ1) is 42.2. The number of phosphoric acid groups is 1. The highest BCUT2D eigenvalue weighted by atomic mass is 31.2. The number of carbonyl (C=O) groups is 3. The molecule has 0 radical (unpaired) electrons. The molecule has 13 heteroatoms. The Hall–Kier alpha value is -1.82. The molecule has 0 saturated carbocycles. The summed E-state index contributed by atoms with van der Waals surface area (Å²) in [5, 5.41) is 18.4. The molecule has 0 heterocycles. The fourth-order valence-corrected chi connectivity index (χ4v) is 4.85. The Balaban J connectivity index is 4.52. The highest BCUT2D eigenvalue weighted by Gasteiger charge is 2.27. The van der Waals surface area contributed by atoms with Crippen LogP contribution in [0.25, 0.3) is 0 Å². The fourth-order valence-electron chi connectivity index (χ4n) is 4.11. The van der Waals surface area contributed by atoms with Gasteiger partial charge < -0.3 is 29.1 Å². The van der Waals surface area contributed by atoms with E-state index in [0.29, 0.717) is 17.4 Å². The summed E-state index contributed by atoms with van der Waals surface area (Å²) in [5.74, 6) is -2.50. The van der Waals surface area contributed by atoms with Gasteiger partial charge in [0.25, 0.3) is 0 Å². The molecule has 0 aromatic rings. The Morgan fingerprint density at radius 2 is 1.34 bits per heavy atom. The zero-order valence-corrected chi connectivity index (χ0v) is 28.3. The number of likely N-dealkylation sites (N-methyl/N-ethyl adjacent to an activating group) is 1. The summed E-state index contributed by atoms with van der Waals surface area (Å²) < 4.78 is 33.3. The molecule has 0 rings (SSSR count). The molecule has 0 saturated heterocycles. The summed E-state index contributed by atoms with van der Waals surface area (Å²) in [6.45, 7) is 1.69. The van der Waals surface area contributed by atoms with Gasteiger partial charge in [0.2, 0.25) is 0 Å². The SMILES string of the molecule is CCCCCCCCCCCCCCCC(=O)OC[C@H](COP(=O)(O)OCC[N+](C)(C)C)OC(=O)CCC(O)/C=C/C(=O)O. The molecule has 3 atom stereocenters. The van der Waals surface area contributed by atoms with Gasteiger partial charge in [-0.3, -0.25) is 18.6 Å². The van der Waals surface area contributed by atoms with Crippen LogP contribution in [-0.4, -0.2) is 97.2 Å². The maximum absolute atomic E-state index is 12.3. The van der Waals surface area contributed by atoms with E-state index in [-0.39, 0.29) is 32.5 Å². The van der Waals surface area contributed by atoms with Crippen LogP contribution in [-0.2, 0) is 37.5 Å². The van der Waals surface area contributed by atoms with Gasteiger partial charge >= 0.3 is 25.7 Å². The number of ether oxygens (including phenoxy) is 2. The molecule has 0 aromatic heterocycles. The van der Waals surface area contributed by atoms with E-state index in [1.165, 1.54) is 57.8 Å². The number of rotatable bonds is 29. The minimum Gasteiger partial charge on any atom is -0.478 e. The lowest BCUT2D eigenvalue weighted by atomic mass is 10.0. The molecule has 0 amide bonds. The molecule has 0 aliphatic carbocycles. The third-order valence-corrected chi connectivity index (χ3v) is 7.74. The maximum Gasteiger partial charge on any atom is 0.472 e. The Labute approximate surface area is 264 Å². The number of carbonyl (C=O) groups excluding carboxylic acids is 2. The quantitative estimate of drug-likeness (QED) is 0.0305. The van der Waals surface area contributed by atoms with Crippen molar-refractivity contribution in [1.82, 2.24) is 0 Å². The number of aliphatic hydroxyl groups is 1. The van der Waals surface area contributed by atoms with Crippen molar-refractivity contribution in [3.05, 3.63) is 12.2 Å². The summed E-state index contributed by atoms with van der Waals surface area (Å²) in [4.78, 5) is 45.2. The van der Waals surface area contributed by atoms with Gasteiger partial charge in [-0.2, -0.15) is 0 Å². The van der Waals surface area contributed by atoms with Gasteiger partial charge in [-0.15, -0.1) is 0 Å². The molecule has 44 heavy (non-hydrogen) atoms. The molecule has 0 aromatic carbocycles. The minimum atomic E-state index is -4.46. The normalized spacial score (nSPS) is 14.7. The van der Waals surface area contributed by atoms with Crippen molar-refractivity contribution in [2.75, 3.05) is 47.5 Å². The minimum absolute atomic E-state index is 0.0441. The van der Waals surface area contributed by atoms with Gasteiger partial charge in [0.1, 0.15) is 19.8 Å². The second-order valence-corrected chi connectivity index (χ2v) is 13.7. The predicted octanol–water partition coefficient (Wildman–Crippen LogP) is 5.54. The molecule has 0 spiro atoms. The van der Waals surface area contributed by atoms with Crippen molar-refractivity contribution in [2.24, 2.45) is 0 Å². The van der Waals surface area contributed by atoms with E-state index in [1.807, 2.05) is 21.1 Å². The number of hydrogen-bond acceptors (Lipinski definition) is 9. The first-order valence-electron chi connectivity index (χ1n) is 16.1. The summed E-state index contributed by atoms with van der Waals surface area (Å²) >= 11 is 0. The number of aliphatic carboxylic acids is 1. The topological polar surface area (TPSA) is 166 Å². The lowest BCUT2D eigenvalue weighted by Gasteiger charge is -2.24. The van der Waals surface area contributed by atoms with Gasteiger partial charge in [0.05, 0.1) is 33.9 Å². The number of carboxylic acids is 1. The van der Waals surface area contributed by atoms with Crippen LogP contribution in [0.15, 0.2) is 12.2 Å². The molecule has 258 valence electrons. The number of hydrogen-bond donors (Lipinski definition) is 3. The number of carboxylic acid groups (broad SMARTS) is 1. The third kappa shape index (κ3) is 28.9. The Bertz CT molecular complexity index is 860. The van der Waals surface area contributed by atoms with E-state index in [9.17, 15) is 28.9 Å². The smallest absolute Gasteiger partial charge is 0.472 e. The van der Waals surface area contributed by atoms with Crippen molar-refractivity contribution >= 4 is 25.7 Å². The molecule has 2 unspecified atom stereocenters. The predicted molar refractivity (Wildman–Crippen MR) is 168 cm³/mol. The molecule has 0 aliphatic rings. The number of aliphatic hydroxyl groups excluding tert-OH is 1. The summed E-state index contributed by atoms with van der Waals surface area (Å²) in [6, 6.07) is 0. The molecule has 0 aliphatic heterocycles. The summed E-state index contributed by atoms with van der Waals surface area (Å²) in [6.07, 6.45) is 14.7. The first-order valence-corrected chi connectivity index (χ1v) is 17.6. The van der Waals surface area contributed by atoms with E-state index in [4.69, 9.17) is 23.6 Å². The molecule has 3 N–H and O–H groups in total. The number of esters is 2. The van der Waals surface area contributed by atoms with Crippen LogP contribution in [0.3, 0.4) is 0 Å². The van der Waals surface area contributed by atoms with E-state index in [0.717, 1.165) is 31.4 Å². The monoisotopic (exact) mass is 652 g/mol. The largest absolute Gasteiger partial charge is 0.478 e. The highest BCUT2D eigenvalue weighted by Crippen LogP contribution is 2.43. The number of nitrogens with zero attached hydrogens (tertiary/aromatic N) is 1. The van der Waals surface area contributed by atoms with Gasteiger partial charge in [-0.05, 0) is 18.9 Å². The first-order chi connectivity index (χ1) is 20.7. The van der Waals surface area contributed by atoms with Crippen LogP contribution in [0.2, 0.25) is 0 Å². The Morgan fingerprint density at radius 3 is 1.86 bits per heavy atom. The van der Waals surface area contributed by atoms with Gasteiger partial charge in [-0.1, -0.05) is 84.0 Å². The maximum atomic E-state index is 12.3. The van der Waals surface area contributed by atoms with Gasteiger partial charge in [0, 0.05) is 18.9 Å². The fraction of sp³-hybridized carbons (Fsp3) is 0.839. The number of unbranched alkanes of at least 4 members (excludes halogenated alkanes) is 12. The lowest BCUT2D eigenvalue weighted by molar-refractivity contribution is -0.870. The van der Waals surface area contributed by atoms with Crippen LogP contribution < -0.4 is 0 Å². The van der Waals surface area contributed by atoms with Gasteiger partial charge in [0.15, 0.2) is 6.10 Å². The van der Waals surface area contributed by atoms with Crippen molar-refractivity contribution in [2.45, 2.75) is 122 Å². The number of quaternary nitrogens is 1. The van der Waals surface area contributed by atoms with Crippen LogP contribution in [0.1, 0.15) is 110 Å². The second-order valence-electron chi connectivity index (χ2n) is 12.2. The van der Waals surface area contributed by atoms with E-state index < -0.39 is 44.5 Å². The average molecular weight is 653 g/mol. The second kappa shape index (κ2) is 25.4. The van der Waals surface area contributed by atoms with E-state index in [2.05, 4.69) is 6.92 Å². The Morgan fingerprint density at radius 1 is 0.795 bits per heavy atom. The molecular formula is C31H59NO11P+. The van der Waals surface area contributed by atoms with E-state index in [1.54, 1.807) is 0 Å². The van der Waals surface area contributed by atoms with Crippen molar-refractivity contribution in [3.63, 3.8) is 0 Å². The molecule has 0 bridgehead atoms. The Kier molecular flexibility index (Phi) is 24.3. The summed E-state index contributed by atoms with van der Waals surface area (Å²) in [5.41, 5.74) is 0. The van der Waals surface area contributed by atoms with E-state index >= 15 is 0 Å². The van der Waals surface area contributed by atoms with Crippen LogP contribution >= 0.6 is 7.82 Å². The van der Waals surface area contributed by atoms with Crippen molar-refractivity contribution < 1.29 is 57.1 Å². The van der Waals surface area contributed by atoms with Crippen molar-refractivity contribution in [1.29, 1.82) is 0 Å². The van der Waals surface area contributed by atoms with Crippen LogP contribution in [0, 0.1) is 0 Å². The zero-order valence-electron chi connectivity index (χ0n) is 27.5. The molecule has 0 fully saturated rings. The van der Waals surface area contributed by atoms with Crippen LogP contribution in [0.4, 0.5) is 0 Å². The average Bonchev–Trinajstić information content (AvgIpc) is 2.93.